The molecule has 0 spiro atoms. The number of hydrogen-bond donors (Lipinski definition) is 1. The molecule has 2 aliphatic heterocycles. The zero-order valence-electron chi connectivity index (χ0n) is 47.2. The molecule has 0 saturated heterocycles. The SMILES string of the molecule is CC(C)(C)c1ccc2c(C(C)(C)C)c1Cc1c(C(C)(C)C)ccc(c1C(C)(C)C)OP(=O)([O-])O2.CC(C)(C)c1ccc2c(C(C)(C)C)c1Cc1c(C(C)(C)C)ccc(c1C(C)(C)C)OP(=O)([O-])O2.[OH][Al+2]. The van der Waals surface area contributed by atoms with Crippen LogP contribution in [0.2, 0.25) is 0 Å². The molecule has 0 fully saturated rings. The topological polar surface area (TPSA) is 137 Å². The first-order chi connectivity index (χ1) is 31.3. The van der Waals surface area contributed by atoms with Gasteiger partial charge in [0, 0.05) is 22.3 Å². The second-order valence-electron chi connectivity index (χ2n) is 27.5. The van der Waals surface area contributed by atoms with Crippen molar-refractivity contribution in [2.45, 2.75) is 222 Å². The first-order valence-electron chi connectivity index (χ1n) is 24.6. The summed E-state index contributed by atoms with van der Waals surface area (Å²) in [6, 6.07) is 15.3. The standard InChI is InChI=1S/2C29H43O4P.Al.H2O/c2*1-26(2,3)20-13-15-22-24(28(7,8)9)18(20)17-19-21(27(4,5)6)14-16-23(25(19)29(10,11)12)33-34(30,31)32-22;;/h2*13-16H,17H2,1-12H3,(H,30,31);;1H2/q;;+3;/p-3. The normalized spacial score (nSPS) is 16.1. The van der Waals surface area contributed by atoms with Crippen molar-refractivity contribution in [2.75, 3.05) is 0 Å². The van der Waals surface area contributed by atoms with Crippen molar-refractivity contribution in [2.24, 2.45) is 0 Å². The van der Waals surface area contributed by atoms with Crippen LogP contribution in [0.4, 0.5) is 0 Å². The average Bonchev–Trinajstić information content (AvgIpc) is 3.10. The summed E-state index contributed by atoms with van der Waals surface area (Å²) in [5.74, 6) is 1.42. The van der Waals surface area contributed by atoms with Crippen LogP contribution in [-0.2, 0) is 65.3 Å². The molecule has 70 heavy (non-hydrogen) atoms. The van der Waals surface area contributed by atoms with Gasteiger partial charge >= 0.3 is 36.4 Å². The van der Waals surface area contributed by atoms with E-state index in [9.17, 15) is 18.9 Å². The van der Waals surface area contributed by atoms with E-state index in [-0.39, 0.29) is 43.3 Å². The minimum absolute atomic E-state index is 0.128. The molecule has 6 rings (SSSR count). The van der Waals surface area contributed by atoms with Crippen LogP contribution in [0.3, 0.4) is 0 Å². The Kier molecular flexibility index (Phi) is 16.7. The van der Waals surface area contributed by atoms with Gasteiger partial charge in [0.25, 0.3) is 0 Å². The molecule has 2 aliphatic rings. The molecule has 1 N–H and O–H groups in total. The Hall–Kier alpha value is -3.05. The van der Waals surface area contributed by atoms with Gasteiger partial charge in [-0.2, -0.15) is 0 Å². The van der Waals surface area contributed by atoms with Crippen molar-refractivity contribution in [3.05, 3.63) is 115 Å². The Morgan fingerprint density at radius 1 is 0.343 bits per heavy atom. The van der Waals surface area contributed by atoms with E-state index in [1.165, 1.54) is 38.9 Å². The van der Waals surface area contributed by atoms with Crippen molar-refractivity contribution in [3.8, 4) is 23.0 Å². The van der Waals surface area contributed by atoms with Gasteiger partial charge in [-0.25, -0.2) is 9.13 Å². The van der Waals surface area contributed by atoms with E-state index in [4.69, 9.17) is 22.3 Å². The van der Waals surface area contributed by atoms with Crippen LogP contribution >= 0.6 is 15.6 Å². The molecule has 0 atom stereocenters. The molecule has 0 amide bonds. The van der Waals surface area contributed by atoms with Crippen molar-refractivity contribution in [1.82, 2.24) is 0 Å². The maximum atomic E-state index is 13.2. The molecule has 0 aromatic heterocycles. The van der Waals surface area contributed by atoms with Gasteiger partial charge in [-0.05, 0) is 125 Å². The molecular weight excluding hydrogens is 930 g/mol. The van der Waals surface area contributed by atoms with Crippen LogP contribution in [0, 0.1) is 0 Å². The first kappa shape index (κ1) is 59.5. The van der Waals surface area contributed by atoms with E-state index in [0.717, 1.165) is 44.5 Å². The summed E-state index contributed by atoms with van der Waals surface area (Å²) in [6.07, 6.45) is 1.35. The number of benzene rings is 4. The summed E-state index contributed by atoms with van der Waals surface area (Å²) < 4.78 is 56.1. The van der Waals surface area contributed by atoms with Gasteiger partial charge in [-0.15, -0.1) is 0 Å². The number of phosphoric acid groups is 2. The minimum atomic E-state index is -4.68. The van der Waals surface area contributed by atoms with Gasteiger partial charge < -0.3 is 27.9 Å². The van der Waals surface area contributed by atoms with E-state index in [1.807, 2.05) is 24.3 Å². The number of hydrogen-bond acceptors (Lipinski definition) is 9. The van der Waals surface area contributed by atoms with Crippen LogP contribution in [0.5, 0.6) is 23.0 Å². The van der Waals surface area contributed by atoms with Gasteiger partial charge in [0.1, 0.15) is 23.0 Å². The Balaban J connectivity index is 0.000000294. The molecule has 2 heterocycles. The fraction of sp³-hybridized carbons (Fsp3) is 0.586. The van der Waals surface area contributed by atoms with Crippen molar-refractivity contribution >= 4 is 32.3 Å². The first-order valence-corrected chi connectivity index (χ1v) is 28.0. The second-order valence-corrected chi connectivity index (χ2v) is 30.0. The summed E-state index contributed by atoms with van der Waals surface area (Å²) in [4.78, 5) is 26.4. The molecular formula is C58H85AlO9P2. The zero-order chi connectivity index (χ0) is 54.1. The molecule has 384 valence electrons. The summed E-state index contributed by atoms with van der Waals surface area (Å²) >= 11 is 1.42. The zero-order valence-corrected chi connectivity index (χ0v) is 50.2. The van der Waals surface area contributed by atoms with Crippen molar-refractivity contribution in [3.63, 3.8) is 0 Å². The average molecular weight is 1020 g/mol. The predicted octanol–water partition coefficient (Wildman–Crippen LogP) is 14.5. The molecule has 8 bridgehead atoms. The van der Waals surface area contributed by atoms with Gasteiger partial charge in [0.05, 0.1) is 0 Å². The molecule has 0 unspecified atom stereocenters. The van der Waals surface area contributed by atoms with E-state index in [1.54, 1.807) is 24.3 Å². The summed E-state index contributed by atoms with van der Waals surface area (Å²) in [6.45, 7) is 51.8. The van der Waals surface area contributed by atoms with E-state index in [0.29, 0.717) is 35.8 Å². The molecule has 9 nitrogen and oxygen atoms in total. The summed E-state index contributed by atoms with van der Waals surface area (Å²) in [7, 11) is -9.37. The Morgan fingerprint density at radius 3 is 0.629 bits per heavy atom. The summed E-state index contributed by atoms with van der Waals surface area (Å²) in [5, 5.41) is 0. The van der Waals surface area contributed by atoms with Crippen LogP contribution in [0.1, 0.15) is 233 Å². The molecule has 0 aliphatic carbocycles. The van der Waals surface area contributed by atoms with E-state index >= 15 is 0 Å². The molecule has 0 saturated carbocycles. The van der Waals surface area contributed by atoms with Crippen molar-refractivity contribution < 1.29 is 41.2 Å². The van der Waals surface area contributed by atoms with Gasteiger partial charge in [0.2, 0.25) is 0 Å². The number of rotatable bonds is 0. The Bertz CT molecular complexity index is 2320. The Labute approximate surface area is 431 Å². The van der Waals surface area contributed by atoms with Gasteiger partial charge in [0.15, 0.2) is 0 Å². The van der Waals surface area contributed by atoms with Gasteiger partial charge in [-0.3, -0.25) is 0 Å². The van der Waals surface area contributed by atoms with Crippen LogP contribution in [0.25, 0.3) is 0 Å². The molecule has 4 aromatic rings. The second kappa shape index (κ2) is 19.7. The van der Waals surface area contributed by atoms with Crippen LogP contribution in [0.15, 0.2) is 48.5 Å². The molecule has 0 radical (unpaired) electrons. The Morgan fingerprint density at radius 2 is 0.500 bits per heavy atom. The third-order valence-corrected chi connectivity index (χ3v) is 14.6. The third-order valence-electron chi connectivity index (χ3n) is 12.9. The predicted molar refractivity (Wildman–Crippen MR) is 287 cm³/mol. The van der Waals surface area contributed by atoms with Gasteiger partial charge in [-0.1, -0.05) is 190 Å². The molecule has 4 aromatic carbocycles. The number of fused-ring (bicyclic) bond motifs is 8. The summed E-state index contributed by atoms with van der Waals surface area (Å²) in [5.41, 5.74) is 11.2. The fourth-order valence-corrected chi connectivity index (χ4v) is 12.2. The van der Waals surface area contributed by atoms with Crippen LogP contribution in [-0.4, -0.2) is 20.8 Å². The van der Waals surface area contributed by atoms with Crippen molar-refractivity contribution in [1.29, 1.82) is 0 Å². The van der Waals surface area contributed by atoms with E-state index in [2.05, 4.69) is 166 Å². The third kappa shape index (κ3) is 13.4. The maximum absolute atomic E-state index is 13.2. The quantitative estimate of drug-likeness (QED) is 0.135. The molecule has 12 heteroatoms. The fourth-order valence-electron chi connectivity index (χ4n) is 10.5. The van der Waals surface area contributed by atoms with E-state index < -0.39 is 15.6 Å². The monoisotopic (exact) mass is 1010 g/mol. The van der Waals surface area contributed by atoms with Crippen LogP contribution < -0.4 is 27.9 Å². The number of phosphoric ester groups is 2.